The average molecular weight is 299 g/mol. The van der Waals surface area contributed by atoms with Crippen molar-refractivity contribution in [3.63, 3.8) is 0 Å². The highest BCUT2D eigenvalue weighted by molar-refractivity contribution is 5.62. The smallest absolute Gasteiger partial charge is 0.136 e. The number of nitrogens with one attached hydrogen (secondary N) is 2. The van der Waals surface area contributed by atoms with Crippen molar-refractivity contribution in [1.29, 1.82) is 0 Å². The summed E-state index contributed by atoms with van der Waals surface area (Å²) >= 11 is 0. The number of anilines is 3. The molecule has 0 aliphatic rings. The molecule has 22 heavy (non-hydrogen) atoms. The van der Waals surface area contributed by atoms with Crippen LogP contribution in [-0.2, 0) is 0 Å². The van der Waals surface area contributed by atoms with Crippen LogP contribution in [0.25, 0.3) is 0 Å². The van der Waals surface area contributed by atoms with Gasteiger partial charge < -0.3 is 15.5 Å². The van der Waals surface area contributed by atoms with Crippen molar-refractivity contribution in [1.82, 2.24) is 14.9 Å². The number of para-hydroxylation sites is 1. The Labute approximate surface area is 132 Å². The second-order valence-corrected chi connectivity index (χ2v) is 5.71. The van der Waals surface area contributed by atoms with Crippen LogP contribution in [0.15, 0.2) is 30.3 Å². The quantitative estimate of drug-likeness (QED) is 0.769. The Kier molecular flexibility index (Phi) is 5.72. The van der Waals surface area contributed by atoms with E-state index in [-0.39, 0.29) is 0 Å². The van der Waals surface area contributed by atoms with Crippen LogP contribution in [0, 0.1) is 13.8 Å². The van der Waals surface area contributed by atoms with E-state index in [9.17, 15) is 0 Å². The molecule has 2 N–H and O–H groups in total. The SMILES string of the molecule is Cc1nc(NCCCN(C)C)cc(Nc2ccccc2C)n1. The Hall–Kier alpha value is -2.14. The third kappa shape index (κ3) is 5.00. The normalized spacial score (nSPS) is 10.8. The van der Waals surface area contributed by atoms with Crippen LogP contribution in [-0.4, -0.2) is 42.1 Å². The van der Waals surface area contributed by atoms with Gasteiger partial charge in [-0.15, -0.1) is 0 Å². The molecule has 0 radical (unpaired) electrons. The minimum atomic E-state index is 0.758. The fourth-order valence-electron chi connectivity index (χ4n) is 2.19. The summed E-state index contributed by atoms with van der Waals surface area (Å²) in [6.45, 7) is 5.95. The molecule has 0 amide bonds. The topological polar surface area (TPSA) is 53.1 Å². The van der Waals surface area contributed by atoms with Crippen LogP contribution >= 0.6 is 0 Å². The summed E-state index contributed by atoms with van der Waals surface area (Å²) in [4.78, 5) is 11.1. The van der Waals surface area contributed by atoms with Gasteiger partial charge in [-0.2, -0.15) is 0 Å². The van der Waals surface area contributed by atoms with Gasteiger partial charge in [-0.25, -0.2) is 9.97 Å². The average Bonchev–Trinajstić information content (AvgIpc) is 2.45. The van der Waals surface area contributed by atoms with Gasteiger partial charge in [-0.1, -0.05) is 18.2 Å². The third-order valence-electron chi connectivity index (χ3n) is 3.33. The number of nitrogens with zero attached hydrogens (tertiary/aromatic N) is 3. The molecular formula is C17H25N5. The summed E-state index contributed by atoms with van der Waals surface area (Å²) in [5.41, 5.74) is 2.26. The van der Waals surface area contributed by atoms with Gasteiger partial charge in [0, 0.05) is 18.3 Å². The highest BCUT2D eigenvalue weighted by atomic mass is 15.1. The molecule has 0 bridgehead atoms. The number of benzene rings is 1. The number of hydrogen-bond donors (Lipinski definition) is 2. The Morgan fingerprint density at radius 2 is 1.77 bits per heavy atom. The van der Waals surface area contributed by atoms with Gasteiger partial charge in [0.25, 0.3) is 0 Å². The Balaban J connectivity index is 2.02. The standard InChI is InChI=1S/C17H25N5/c1-13-8-5-6-9-15(13)21-17-12-16(19-14(2)20-17)18-10-7-11-22(3)4/h5-6,8-9,12H,7,10-11H2,1-4H3,(H2,18,19,20,21). The summed E-state index contributed by atoms with van der Waals surface area (Å²) in [5, 5.41) is 6.73. The monoisotopic (exact) mass is 299 g/mol. The molecule has 0 spiro atoms. The zero-order valence-corrected chi connectivity index (χ0v) is 13.8. The first kappa shape index (κ1) is 16.2. The van der Waals surface area contributed by atoms with Crippen LogP contribution in [0.3, 0.4) is 0 Å². The lowest BCUT2D eigenvalue weighted by molar-refractivity contribution is 0.405. The largest absolute Gasteiger partial charge is 0.370 e. The van der Waals surface area contributed by atoms with E-state index < -0.39 is 0 Å². The second-order valence-electron chi connectivity index (χ2n) is 5.71. The van der Waals surface area contributed by atoms with Gasteiger partial charge in [-0.3, -0.25) is 0 Å². The maximum atomic E-state index is 4.46. The van der Waals surface area contributed by atoms with Gasteiger partial charge in [-0.05, 0) is 52.5 Å². The summed E-state index contributed by atoms with van der Waals surface area (Å²) in [6, 6.07) is 10.1. The van der Waals surface area contributed by atoms with E-state index in [1.54, 1.807) is 0 Å². The first-order valence-electron chi connectivity index (χ1n) is 7.61. The van der Waals surface area contributed by atoms with Crippen molar-refractivity contribution in [2.75, 3.05) is 37.8 Å². The van der Waals surface area contributed by atoms with Crippen molar-refractivity contribution in [3.05, 3.63) is 41.7 Å². The maximum Gasteiger partial charge on any atom is 0.136 e. The fraction of sp³-hybridized carbons (Fsp3) is 0.412. The number of rotatable bonds is 7. The van der Waals surface area contributed by atoms with Gasteiger partial charge in [0.2, 0.25) is 0 Å². The van der Waals surface area contributed by atoms with Crippen molar-refractivity contribution in [2.45, 2.75) is 20.3 Å². The molecule has 0 atom stereocenters. The van der Waals surface area contributed by atoms with Crippen molar-refractivity contribution in [3.8, 4) is 0 Å². The second kappa shape index (κ2) is 7.75. The van der Waals surface area contributed by atoms with Gasteiger partial charge in [0.15, 0.2) is 0 Å². The minimum absolute atomic E-state index is 0.758. The first-order chi connectivity index (χ1) is 10.5. The van der Waals surface area contributed by atoms with Gasteiger partial charge in [0.1, 0.15) is 17.5 Å². The summed E-state index contributed by atoms with van der Waals surface area (Å²) < 4.78 is 0. The van der Waals surface area contributed by atoms with E-state index >= 15 is 0 Å². The van der Waals surface area contributed by atoms with Gasteiger partial charge in [0.05, 0.1) is 0 Å². The van der Waals surface area contributed by atoms with Crippen LogP contribution < -0.4 is 10.6 Å². The minimum Gasteiger partial charge on any atom is -0.370 e. The lowest BCUT2D eigenvalue weighted by Crippen LogP contribution is -2.16. The fourth-order valence-corrected chi connectivity index (χ4v) is 2.19. The first-order valence-corrected chi connectivity index (χ1v) is 7.61. The summed E-state index contributed by atoms with van der Waals surface area (Å²) in [7, 11) is 4.16. The molecule has 0 unspecified atom stereocenters. The summed E-state index contributed by atoms with van der Waals surface area (Å²) in [6.07, 6.45) is 1.08. The number of aromatic nitrogens is 2. The third-order valence-corrected chi connectivity index (χ3v) is 3.33. The summed E-state index contributed by atoms with van der Waals surface area (Å²) in [5.74, 6) is 2.44. The zero-order valence-electron chi connectivity index (χ0n) is 13.8. The molecule has 2 rings (SSSR count). The molecule has 0 saturated heterocycles. The molecule has 0 aliphatic carbocycles. The van der Waals surface area contributed by atoms with E-state index in [0.29, 0.717) is 0 Å². The maximum absolute atomic E-state index is 4.46. The van der Waals surface area contributed by atoms with E-state index in [1.165, 1.54) is 5.56 Å². The Bertz CT molecular complexity index is 610. The molecule has 1 aromatic carbocycles. The number of aryl methyl sites for hydroxylation is 2. The molecule has 2 aromatic rings. The molecule has 0 aliphatic heterocycles. The van der Waals surface area contributed by atoms with E-state index in [1.807, 2.05) is 25.1 Å². The molecule has 0 saturated carbocycles. The highest BCUT2D eigenvalue weighted by Gasteiger charge is 2.04. The van der Waals surface area contributed by atoms with Crippen LogP contribution in [0.1, 0.15) is 17.8 Å². The zero-order chi connectivity index (χ0) is 15.9. The predicted molar refractivity (Wildman–Crippen MR) is 92.9 cm³/mol. The van der Waals surface area contributed by atoms with Crippen LogP contribution in [0.2, 0.25) is 0 Å². The Morgan fingerprint density at radius 1 is 1.05 bits per heavy atom. The number of hydrogen-bond acceptors (Lipinski definition) is 5. The van der Waals surface area contributed by atoms with E-state index in [0.717, 1.165) is 42.7 Å². The lowest BCUT2D eigenvalue weighted by Gasteiger charge is -2.13. The molecule has 5 nitrogen and oxygen atoms in total. The van der Waals surface area contributed by atoms with E-state index in [4.69, 9.17) is 0 Å². The lowest BCUT2D eigenvalue weighted by atomic mass is 10.2. The predicted octanol–water partition coefficient (Wildman–Crippen LogP) is 3.20. The molecule has 118 valence electrons. The van der Waals surface area contributed by atoms with Crippen molar-refractivity contribution < 1.29 is 0 Å². The van der Waals surface area contributed by atoms with Crippen molar-refractivity contribution in [2.24, 2.45) is 0 Å². The molecule has 5 heteroatoms. The molecule has 1 aromatic heterocycles. The molecule has 0 fully saturated rings. The van der Waals surface area contributed by atoms with Gasteiger partial charge >= 0.3 is 0 Å². The van der Waals surface area contributed by atoms with Crippen LogP contribution in [0.4, 0.5) is 17.3 Å². The molecule has 1 heterocycles. The highest BCUT2D eigenvalue weighted by Crippen LogP contribution is 2.20. The van der Waals surface area contributed by atoms with Crippen LogP contribution in [0.5, 0.6) is 0 Å². The van der Waals surface area contributed by atoms with Crippen molar-refractivity contribution >= 4 is 17.3 Å². The molecular weight excluding hydrogens is 274 g/mol. The Morgan fingerprint density at radius 3 is 2.50 bits per heavy atom. The van der Waals surface area contributed by atoms with E-state index in [2.05, 4.69) is 58.7 Å².